The highest BCUT2D eigenvalue weighted by Crippen LogP contribution is 2.17. The van der Waals surface area contributed by atoms with E-state index in [-0.39, 0.29) is 5.91 Å². The Morgan fingerprint density at radius 3 is 2.67 bits per heavy atom. The van der Waals surface area contributed by atoms with Crippen molar-refractivity contribution in [3.05, 3.63) is 17.6 Å². The van der Waals surface area contributed by atoms with Gasteiger partial charge in [0.2, 0.25) is 5.91 Å². The number of rotatable bonds is 3. The number of nitrogens with zero attached hydrogens (tertiary/aromatic N) is 3. The molecule has 0 aliphatic carbocycles. The molecule has 18 heavy (non-hydrogen) atoms. The average molecular weight is 248 g/mol. The summed E-state index contributed by atoms with van der Waals surface area (Å²) in [6.07, 6.45) is 0. The highest BCUT2D eigenvalue weighted by Gasteiger charge is 2.28. The lowest BCUT2D eigenvalue weighted by atomic mass is 10.1. The van der Waals surface area contributed by atoms with Crippen LogP contribution >= 0.6 is 0 Å². The maximum atomic E-state index is 11.1. The highest BCUT2D eigenvalue weighted by molar-refractivity contribution is 5.74. The predicted octanol–water partition coefficient (Wildman–Crippen LogP) is 1.55. The highest BCUT2D eigenvalue weighted by atomic mass is 16.2. The minimum absolute atomic E-state index is 0.134. The molecule has 98 valence electrons. The third-order valence-corrected chi connectivity index (χ3v) is 3.07. The van der Waals surface area contributed by atoms with Gasteiger partial charge in [-0.3, -0.25) is 4.79 Å². The van der Waals surface area contributed by atoms with Crippen LogP contribution in [0.15, 0.2) is 6.07 Å². The van der Waals surface area contributed by atoms with Crippen molar-refractivity contribution in [3.63, 3.8) is 0 Å². The number of carbonyl (C=O) groups excluding carboxylic acids is 1. The second-order valence-corrected chi connectivity index (χ2v) is 5.17. The van der Waals surface area contributed by atoms with E-state index in [1.54, 1.807) is 6.92 Å². The second kappa shape index (κ2) is 4.92. The molecular weight excluding hydrogens is 228 g/mol. The Labute approximate surface area is 108 Å². The van der Waals surface area contributed by atoms with Crippen LogP contribution in [0.2, 0.25) is 0 Å². The number of aryl methyl sites for hydroxylation is 1. The molecule has 0 saturated carbocycles. The van der Waals surface area contributed by atoms with E-state index in [0.29, 0.717) is 12.0 Å². The van der Waals surface area contributed by atoms with Gasteiger partial charge in [0.15, 0.2) is 0 Å². The van der Waals surface area contributed by atoms with E-state index in [1.165, 1.54) is 0 Å². The summed E-state index contributed by atoms with van der Waals surface area (Å²) >= 11 is 0. The van der Waals surface area contributed by atoms with Crippen LogP contribution in [0.25, 0.3) is 0 Å². The normalized spacial score (nSPS) is 15.7. The van der Waals surface area contributed by atoms with Gasteiger partial charge in [-0.25, -0.2) is 9.97 Å². The van der Waals surface area contributed by atoms with Crippen molar-refractivity contribution in [2.45, 2.75) is 39.7 Å². The van der Waals surface area contributed by atoms with Crippen molar-refractivity contribution in [2.24, 2.45) is 0 Å². The third-order valence-electron chi connectivity index (χ3n) is 3.07. The molecule has 2 rings (SSSR count). The van der Waals surface area contributed by atoms with Crippen LogP contribution in [0.4, 0.5) is 5.82 Å². The van der Waals surface area contributed by atoms with E-state index in [4.69, 9.17) is 0 Å². The molecule has 1 aliphatic rings. The summed E-state index contributed by atoms with van der Waals surface area (Å²) in [4.78, 5) is 21.8. The predicted molar refractivity (Wildman–Crippen MR) is 70.5 cm³/mol. The molecule has 1 aromatic rings. The van der Waals surface area contributed by atoms with Crippen LogP contribution in [0.3, 0.4) is 0 Å². The van der Waals surface area contributed by atoms with Crippen molar-refractivity contribution in [3.8, 4) is 0 Å². The van der Waals surface area contributed by atoms with E-state index in [9.17, 15) is 4.79 Å². The van der Waals surface area contributed by atoms with Crippen LogP contribution < -0.4 is 5.32 Å². The van der Waals surface area contributed by atoms with Gasteiger partial charge in [-0.1, -0.05) is 13.8 Å². The Bertz CT molecular complexity index is 452. The molecule has 5 nitrogen and oxygen atoms in total. The number of carbonyl (C=O) groups is 1. The zero-order valence-electron chi connectivity index (χ0n) is 11.4. The van der Waals surface area contributed by atoms with Gasteiger partial charge in [0.05, 0.1) is 6.04 Å². The second-order valence-electron chi connectivity index (χ2n) is 5.17. The number of aromatic nitrogens is 2. The fourth-order valence-corrected chi connectivity index (χ4v) is 1.96. The van der Waals surface area contributed by atoms with Gasteiger partial charge < -0.3 is 10.2 Å². The molecule has 5 heteroatoms. The van der Waals surface area contributed by atoms with Crippen LogP contribution in [0.5, 0.6) is 0 Å². The maximum Gasteiger partial charge on any atom is 0.219 e. The number of anilines is 1. The van der Waals surface area contributed by atoms with Gasteiger partial charge in [-0.2, -0.15) is 0 Å². The molecule has 1 N–H and O–H groups in total. The summed E-state index contributed by atoms with van der Waals surface area (Å²) in [7, 11) is 0. The molecule has 1 aliphatic heterocycles. The summed E-state index contributed by atoms with van der Waals surface area (Å²) in [6.45, 7) is 9.26. The molecule has 0 radical (unpaired) electrons. The fourth-order valence-electron chi connectivity index (χ4n) is 1.96. The summed E-state index contributed by atoms with van der Waals surface area (Å²) < 4.78 is 0. The number of hydrogen-bond acceptors (Lipinski definition) is 4. The Kier molecular flexibility index (Phi) is 3.50. The van der Waals surface area contributed by atoms with Crippen molar-refractivity contribution in [1.29, 1.82) is 0 Å². The van der Waals surface area contributed by atoms with E-state index in [0.717, 1.165) is 30.4 Å². The molecule has 0 spiro atoms. The molecule has 0 aromatic carbocycles. The van der Waals surface area contributed by atoms with Crippen LogP contribution in [-0.4, -0.2) is 39.9 Å². The zero-order valence-corrected chi connectivity index (χ0v) is 11.4. The van der Waals surface area contributed by atoms with Crippen molar-refractivity contribution >= 4 is 11.7 Å². The van der Waals surface area contributed by atoms with Crippen molar-refractivity contribution in [1.82, 2.24) is 14.9 Å². The zero-order chi connectivity index (χ0) is 13.3. The standard InChI is InChI=1S/C13H20N4O/c1-8(2)13-14-9(3)5-12(16-13)15-11-6-17(7-11)10(4)18/h5,8,11H,6-7H2,1-4H3,(H,14,15,16). The molecule has 1 aromatic heterocycles. The monoisotopic (exact) mass is 248 g/mol. The summed E-state index contributed by atoms with van der Waals surface area (Å²) in [5.74, 6) is 2.18. The smallest absolute Gasteiger partial charge is 0.219 e. The van der Waals surface area contributed by atoms with Gasteiger partial charge in [-0.15, -0.1) is 0 Å². The largest absolute Gasteiger partial charge is 0.364 e. The molecule has 1 saturated heterocycles. The van der Waals surface area contributed by atoms with Crippen LogP contribution in [0, 0.1) is 6.92 Å². The molecule has 1 fully saturated rings. The minimum Gasteiger partial charge on any atom is -0.364 e. The lowest BCUT2D eigenvalue weighted by molar-refractivity contribution is -0.132. The fraction of sp³-hybridized carbons (Fsp3) is 0.615. The molecular formula is C13H20N4O. The molecule has 0 bridgehead atoms. The first-order valence-corrected chi connectivity index (χ1v) is 6.33. The van der Waals surface area contributed by atoms with E-state index < -0.39 is 0 Å². The molecule has 0 atom stereocenters. The maximum absolute atomic E-state index is 11.1. The Balaban J connectivity index is 2.00. The summed E-state index contributed by atoms with van der Waals surface area (Å²) in [5.41, 5.74) is 0.971. The van der Waals surface area contributed by atoms with E-state index in [2.05, 4.69) is 29.1 Å². The first kappa shape index (κ1) is 12.8. The van der Waals surface area contributed by atoms with Gasteiger partial charge in [-0.05, 0) is 6.92 Å². The number of amides is 1. The Morgan fingerprint density at radius 2 is 2.11 bits per heavy atom. The summed E-state index contributed by atoms with van der Waals surface area (Å²) in [6, 6.07) is 2.26. The Hall–Kier alpha value is -1.65. The van der Waals surface area contributed by atoms with E-state index >= 15 is 0 Å². The van der Waals surface area contributed by atoms with Crippen molar-refractivity contribution < 1.29 is 4.79 Å². The SMILES string of the molecule is CC(=O)N1CC(Nc2cc(C)nc(C(C)C)n2)C1. The molecule has 1 amide bonds. The van der Waals surface area contributed by atoms with Crippen molar-refractivity contribution in [2.75, 3.05) is 18.4 Å². The molecule has 0 unspecified atom stereocenters. The number of nitrogens with one attached hydrogen (secondary N) is 1. The topological polar surface area (TPSA) is 58.1 Å². The Morgan fingerprint density at radius 1 is 1.44 bits per heavy atom. The minimum atomic E-state index is 0.134. The number of likely N-dealkylation sites (tertiary alicyclic amines) is 1. The van der Waals surface area contributed by atoms with E-state index in [1.807, 2.05) is 17.9 Å². The first-order chi connectivity index (χ1) is 8.45. The lowest BCUT2D eigenvalue weighted by Crippen LogP contribution is -2.56. The average Bonchev–Trinajstić information content (AvgIpc) is 2.21. The van der Waals surface area contributed by atoms with Crippen LogP contribution in [0.1, 0.15) is 38.2 Å². The first-order valence-electron chi connectivity index (χ1n) is 6.33. The third kappa shape index (κ3) is 2.78. The number of hydrogen-bond donors (Lipinski definition) is 1. The van der Waals surface area contributed by atoms with Gasteiger partial charge in [0.25, 0.3) is 0 Å². The lowest BCUT2D eigenvalue weighted by Gasteiger charge is -2.39. The molecule has 2 heterocycles. The quantitative estimate of drug-likeness (QED) is 0.881. The van der Waals surface area contributed by atoms with Gasteiger partial charge in [0.1, 0.15) is 11.6 Å². The van der Waals surface area contributed by atoms with Gasteiger partial charge in [0, 0.05) is 37.7 Å². The summed E-state index contributed by atoms with van der Waals surface area (Å²) in [5, 5.41) is 3.35. The van der Waals surface area contributed by atoms with Gasteiger partial charge >= 0.3 is 0 Å². The van der Waals surface area contributed by atoms with Crippen LogP contribution in [-0.2, 0) is 4.79 Å².